The van der Waals surface area contributed by atoms with Gasteiger partial charge in [-0.05, 0) is 11.8 Å². The molecule has 0 aromatic carbocycles. The lowest BCUT2D eigenvalue weighted by Gasteiger charge is -2.19. The molecule has 0 unspecified atom stereocenters. The minimum Gasteiger partial charge on any atom is -0.447 e. The highest BCUT2D eigenvalue weighted by Gasteiger charge is 2.23. The molecule has 0 saturated carbocycles. The summed E-state index contributed by atoms with van der Waals surface area (Å²) in [4.78, 5) is 0. The third kappa shape index (κ3) is 9.81. The maximum Gasteiger partial charge on any atom is 0.503 e. The molecule has 12 heavy (non-hydrogen) atoms. The third-order valence-electron chi connectivity index (χ3n) is 1.30. The van der Waals surface area contributed by atoms with Gasteiger partial charge in [0.05, 0.1) is 0 Å². The molecular formula is C7H15BF3O-. The molecule has 0 spiro atoms. The Labute approximate surface area is 71.3 Å². The van der Waals surface area contributed by atoms with Crippen molar-refractivity contribution in [1.29, 1.82) is 0 Å². The lowest BCUT2D eigenvalue weighted by molar-refractivity contribution is 0.123. The van der Waals surface area contributed by atoms with Crippen molar-refractivity contribution in [1.82, 2.24) is 0 Å². The molecule has 0 aliphatic heterocycles. The van der Waals surface area contributed by atoms with Crippen molar-refractivity contribution < 1.29 is 17.7 Å². The van der Waals surface area contributed by atoms with E-state index in [1.807, 2.05) is 20.8 Å². The molecule has 0 N–H and O–H groups in total. The molecule has 0 aliphatic carbocycles. The monoisotopic (exact) mass is 183 g/mol. The lowest BCUT2D eigenvalue weighted by atomic mass is 9.92. The molecule has 1 nitrogen and oxygen atoms in total. The number of halogens is 3. The van der Waals surface area contributed by atoms with E-state index in [4.69, 9.17) is 0 Å². The second-order valence-electron chi connectivity index (χ2n) is 4.10. The van der Waals surface area contributed by atoms with Crippen LogP contribution in [0, 0.1) is 5.41 Å². The van der Waals surface area contributed by atoms with Crippen molar-refractivity contribution in [3.63, 3.8) is 0 Å². The smallest absolute Gasteiger partial charge is 0.447 e. The Morgan fingerprint density at radius 2 is 1.67 bits per heavy atom. The lowest BCUT2D eigenvalue weighted by Crippen LogP contribution is -2.25. The van der Waals surface area contributed by atoms with E-state index < -0.39 is 13.5 Å². The highest BCUT2D eigenvalue weighted by atomic mass is 19.4. The maximum atomic E-state index is 11.6. The van der Waals surface area contributed by atoms with Crippen LogP contribution in [0.2, 0.25) is 0 Å². The number of rotatable bonds is 4. The van der Waals surface area contributed by atoms with Gasteiger partial charge >= 0.3 is 6.98 Å². The van der Waals surface area contributed by atoms with E-state index in [0.29, 0.717) is 6.42 Å². The average molecular weight is 183 g/mol. The summed E-state index contributed by atoms with van der Waals surface area (Å²) in [5.41, 5.74) is 0.0403. The van der Waals surface area contributed by atoms with Crippen LogP contribution in [-0.4, -0.2) is 20.1 Å². The zero-order chi connectivity index (χ0) is 9.83. The van der Waals surface area contributed by atoms with Gasteiger partial charge < -0.3 is 17.7 Å². The Hall–Kier alpha value is -0.185. The number of hydrogen-bond acceptors (Lipinski definition) is 1. The molecule has 0 aliphatic rings. The van der Waals surface area contributed by atoms with E-state index in [9.17, 15) is 12.9 Å². The Balaban J connectivity index is 3.35. The molecule has 0 aromatic rings. The fraction of sp³-hybridized carbons (Fsp3) is 1.00. The Morgan fingerprint density at radius 1 is 1.17 bits per heavy atom. The first-order chi connectivity index (χ1) is 5.21. The Kier molecular flexibility index (Phi) is 4.10. The van der Waals surface area contributed by atoms with E-state index in [-0.39, 0.29) is 12.0 Å². The van der Waals surface area contributed by atoms with Gasteiger partial charge in [0.1, 0.15) is 0 Å². The fourth-order valence-corrected chi connectivity index (χ4v) is 0.595. The quantitative estimate of drug-likeness (QED) is 0.480. The largest absolute Gasteiger partial charge is 0.503 e. The van der Waals surface area contributed by atoms with Crippen LogP contribution in [0.15, 0.2) is 0 Å². The van der Waals surface area contributed by atoms with E-state index in [0.717, 1.165) is 0 Å². The highest BCUT2D eigenvalue weighted by Crippen LogP contribution is 2.18. The van der Waals surface area contributed by atoms with Crippen molar-refractivity contribution in [2.24, 2.45) is 5.41 Å². The SMILES string of the molecule is CC(C)(C)CCOC[B-](F)(F)F. The van der Waals surface area contributed by atoms with Crippen molar-refractivity contribution in [2.45, 2.75) is 27.2 Å². The maximum absolute atomic E-state index is 11.6. The van der Waals surface area contributed by atoms with Gasteiger partial charge in [-0.3, -0.25) is 0 Å². The van der Waals surface area contributed by atoms with E-state index in [1.165, 1.54) is 0 Å². The zero-order valence-corrected chi connectivity index (χ0v) is 7.74. The first-order valence-electron chi connectivity index (χ1n) is 3.99. The molecule has 0 amide bonds. The van der Waals surface area contributed by atoms with Crippen LogP contribution >= 0.6 is 0 Å². The van der Waals surface area contributed by atoms with Gasteiger partial charge in [-0.25, -0.2) is 0 Å². The standard InChI is InChI=1S/C7H15BF3O/c1-7(2,3)4-5-12-6-8(9,10)11/h4-6H2,1-3H3/q-1. The number of hydrogen-bond donors (Lipinski definition) is 0. The normalized spacial score (nSPS) is 13.5. The molecule has 0 heterocycles. The topological polar surface area (TPSA) is 9.23 Å². The molecule has 0 saturated heterocycles. The van der Waals surface area contributed by atoms with E-state index in [2.05, 4.69) is 4.74 Å². The molecule has 0 rings (SSSR count). The molecule has 5 heteroatoms. The van der Waals surface area contributed by atoms with Crippen LogP contribution in [0.25, 0.3) is 0 Å². The van der Waals surface area contributed by atoms with Gasteiger partial charge in [0.2, 0.25) is 0 Å². The minimum absolute atomic E-state index is 0.0403. The summed E-state index contributed by atoms with van der Waals surface area (Å²) in [5, 5.41) is 0. The molecule has 0 atom stereocenters. The Morgan fingerprint density at radius 3 is 2.00 bits per heavy atom. The van der Waals surface area contributed by atoms with Crippen molar-refractivity contribution in [2.75, 3.05) is 13.1 Å². The van der Waals surface area contributed by atoms with Crippen LogP contribution < -0.4 is 0 Å². The van der Waals surface area contributed by atoms with Gasteiger partial charge in [0, 0.05) is 13.1 Å². The highest BCUT2D eigenvalue weighted by molar-refractivity contribution is 6.58. The van der Waals surface area contributed by atoms with E-state index >= 15 is 0 Å². The van der Waals surface area contributed by atoms with Gasteiger partial charge in [0.25, 0.3) is 0 Å². The molecule has 0 bridgehead atoms. The van der Waals surface area contributed by atoms with Gasteiger partial charge in [-0.1, -0.05) is 20.8 Å². The first kappa shape index (κ1) is 11.8. The predicted octanol–water partition coefficient (Wildman–Crippen LogP) is 2.83. The van der Waals surface area contributed by atoms with Crippen LogP contribution in [0.4, 0.5) is 12.9 Å². The first-order valence-corrected chi connectivity index (χ1v) is 3.99. The van der Waals surface area contributed by atoms with E-state index in [1.54, 1.807) is 0 Å². The van der Waals surface area contributed by atoms with Gasteiger partial charge in [0.15, 0.2) is 0 Å². The molecule has 0 radical (unpaired) electrons. The summed E-state index contributed by atoms with van der Waals surface area (Å²) >= 11 is 0. The molecule has 0 aromatic heterocycles. The Bertz CT molecular complexity index is 112. The molecule has 0 fully saturated rings. The van der Waals surface area contributed by atoms with Gasteiger partial charge in [-0.15, -0.1) is 0 Å². The average Bonchev–Trinajstić information content (AvgIpc) is 1.76. The van der Waals surface area contributed by atoms with Crippen LogP contribution in [-0.2, 0) is 4.74 Å². The van der Waals surface area contributed by atoms with Crippen LogP contribution in [0.5, 0.6) is 0 Å². The third-order valence-corrected chi connectivity index (χ3v) is 1.30. The summed E-state index contributed by atoms with van der Waals surface area (Å²) < 4.78 is 39.3. The van der Waals surface area contributed by atoms with Crippen molar-refractivity contribution >= 4 is 6.98 Å². The molecular weight excluding hydrogens is 168 g/mol. The minimum atomic E-state index is -4.77. The second kappa shape index (κ2) is 4.17. The summed E-state index contributed by atoms with van der Waals surface area (Å²) in [6.07, 6.45) is 0.652. The van der Waals surface area contributed by atoms with Crippen molar-refractivity contribution in [3.05, 3.63) is 0 Å². The second-order valence-corrected chi connectivity index (χ2v) is 4.10. The van der Waals surface area contributed by atoms with Crippen molar-refractivity contribution in [3.8, 4) is 0 Å². The predicted molar refractivity (Wildman–Crippen MR) is 44.0 cm³/mol. The fourth-order valence-electron chi connectivity index (χ4n) is 0.595. The summed E-state index contributed by atoms with van der Waals surface area (Å²) in [6.45, 7) is 0.242. The van der Waals surface area contributed by atoms with Crippen LogP contribution in [0.1, 0.15) is 27.2 Å². The van der Waals surface area contributed by atoms with Crippen LogP contribution in [0.3, 0.4) is 0 Å². The summed E-state index contributed by atoms with van der Waals surface area (Å²) in [7, 11) is 0. The van der Waals surface area contributed by atoms with Gasteiger partial charge in [-0.2, -0.15) is 0 Å². The zero-order valence-electron chi connectivity index (χ0n) is 7.74. The number of ether oxygens (including phenoxy) is 1. The summed E-state index contributed by atoms with van der Waals surface area (Å²) in [5.74, 6) is 0. The summed E-state index contributed by atoms with van der Waals surface area (Å²) in [6, 6.07) is 0. The molecule has 74 valence electrons.